The Hall–Kier alpha value is -0.220. The van der Waals surface area contributed by atoms with Crippen molar-refractivity contribution >= 4 is 16.9 Å². The minimum atomic E-state index is 0.382. The van der Waals surface area contributed by atoms with Crippen molar-refractivity contribution < 1.29 is 4.74 Å². The zero-order valence-corrected chi connectivity index (χ0v) is 11.2. The molecule has 2 saturated heterocycles. The molecule has 0 aromatic carbocycles. The van der Waals surface area contributed by atoms with Gasteiger partial charge in [-0.2, -0.15) is 0 Å². The van der Waals surface area contributed by atoms with E-state index in [9.17, 15) is 0 Å². The molecule has 0 radical (unpaired) electrons. The Kier molecular flexibility index (Phi) is 4.14. The van der Waals surface area contributed by atoms with E-state index in [4.69, 9.17) is 9.73 Å². The molecule has 2 aliphatic rings. The Morgan fingerprint density at radius 1 is 1.44 bits per heavy atom. The summed E-state index contributed by atoms with van der Waals surface area (Å²) in [7, 11) is 0. The summed E-state index contributed by atoms with van der Waals surface area (Å²) in [6.07, 6.45) is 2.77. The zero-order valence-electron chi connectivity index (χ0n) is 10.4. The van der Waals surface area contributed by atoms with Crippen LogP contribution >= 0.6 is 11.8 Å². The van der Waals surface area contributed by atoms with Crippen molar-refractivity contribution in [3.63, 3.8) is 0 Å². The number of nitrogens with zero attached hydrogens (tertiary/aromatic N) is 1. The van der Waals surface area contributed by atoms with Gasteiger partial charge in [0.05, 0.1) is 6.10 Å². The number of ether oxygens (including phenoxy) is 1. The van der Waals surface area contributed by atoms with Gasteiger partial charge in [0.15, 0.2) is 5.17 Å². The topological polar surface area (TPSA) is 33.6 Å². The number of thioether (sulfide) groups is 1. The van der Waals surface area contributed by atoms with Crippen molar-refractivity contribution in [1.29, 1.82) is 0 Å². The molecular formula is C12H22N2OS. The Labute approximate surface area is 102 Å². The van der Waals surface area contributed by atoms with Gasteiger partial charge in [-0.25, -0.2) is 0 Å². The molecule has 92 valence electrons. The monoisotopic (exact) mass is 242 g/mol. The Morgan fingerprint density at radius 3 is 2.88 bits per heavy atom. The number of hydrogen-bond acceptors (Lipinski definition) is 3. The molecule has 2 heterocycles. The van der Waals surface area contributed by atoms with Gasteiger partial charge in [0.2, 0.25) is 0 Å². The third-order valence-electron chi connectivity index (χ3n) is 3.37. The lowest BCUT2D eigenvalue weighted by atomic mass is 10.0. The largest absolute Gasteiger partial charge is 0.378 e. The third-order valence-corrected chi connectivity index (χ3v) is 4.44. The van der Waals surface area contributed by atoms with Gasteiger partial charge in [-0.3, -0.25) is 4.99 Å². The van der Waals surface area contributed by atoms with Gasteiger partial charge in [0.1, 0.15) is 0 Å². The summed E-state index contributed by atoms with van der Waals surface area (Å²) >= 11 is 1.87. The van der Waals surface area contributed by atoms with Crippen LogP contribution in [0, 0.1) is 5.92 Å². The maximum absolute atomic E-state index is 5.55. The lowest BCUT2D eigenvalue weighted by Crippen LogP contribution is -2.38. The van der Waals surface area contributed by atoms with Crippen molar-refractivity contribution in [2.24, 2.45) is 10.9 Å². The summed E-state index contributed by atoms with van der Waals surface area (Å²) < 4.78 is 5.55. The molecule has 16 heavy (non-hydrogen) atoms. The van der Waals surface area contributed by atoms with E-state index >= 15 is 0 Å². The molecule has 0 aliphatic carbocycles. The fourth-order valence-corrected chi connectivity index (χ4v) is 3.52. The highest BCUT2D eigenvalue weighted by atomic mass is 32.2. The first-order chi connectivity index (χ1) is 7.65. The quantitative estimate of drug-likeness (QED) is 0.806. The zero-order chi connectivity index (χ0) is 11.5. The first-order valence-electron chi connectivity index (χ1n) is 6.24. The van der Waals surface area contributed by atoms with E-state index in [2.05, 4.69) is 26.1 Å². The van der Waals surface area contributed by atoms with Gasteiger partial charge in [-0.1, -0.05) is 18.7 Å². The van der Waals surface area contributed by atoms with Crippen LogP contribution in [0.5, 0.6) is 0 Å². The minimum Gasteiger partial charge on any atom is -0.378 e. The summed E-state index contributed by atoms with van der Waals surface area (Å²) in [5.41, 5.74) is 0. The van der Waals surface area contributed by atoms with Crippen molar-refractivity contribution in [3.8, 4) is 0 Å². The first kappa shape index (κ1) is 12.2. The number of hydrogen-bond donors (Lipinski definition) is 1. The van der Waals surface area contributed by atoms with Gasteiger partial charge < -0.3 is 10.1 Å². The van der Waals surface area contributed by atoms with E-state index in [-0.39, 0.29) is 0 Å². The molecule has 4 heteroatoms. The summed E-state index contributed by atoms with van der Waals surface area (Å²) in [5, 5.41) is 5.27. The molecule has 0 saturated carbocycles. The maximum atomic E-state index is 5.55. The fourth-order valence-electron chi connectivity index (χ4n) is 2.34. The maximum Gasteiger partial charge on any atom is 0.157 e. The van der Waals surface area contributed by atoms with Crippen molar-refractivity contribution in [1.82, 2.24) is 5.32 Å². The third kappa shape index (κ3) is 3.14. The van der Waals surface area contributed by atoms with Crippen LogP contribution in [0.2, 0.25) is 0 Å². The average molecular weight is 242 g/mol. The van der Waals surface area contributed by atoms with Crippen LogP contribution < -0.4 is 5.32 Å². The summed E-state index contributed by atoms with van der Waals surface area (Å²) in [5.74, 6) is 0.613. The fraction of sp³-hybridized carbons (Fsp3) is 0.917. The van der Waals surface area contributed by atoms with Gasteiger partial charge in [-0.05, 0) is 26.7 Å². The predicted molar refractivity (Wildman–Crippen MR) is 70.1 cm³/mol. The summed E-state index contributed by atoms with van der Waals surface area (Å²) in [6.45, 7) is 8.48. The Balaban J connectivity index is 1.86. The number of rotatable bonds is 2. The second-order valence-corrected chi connectivity index (χ2v) is 6.41. The molecule has 0 aromatic rings. The highest BCUT2D eigenvalue weighted by Gasteiger charge is 2.25. The molecule has 2 fully saturated rings. The van der Waals surface area contributed by atoms with Gasteiger partial charge in [0, 0.05) is 30.4 Å². The van der Waals surface area contributed by atoms with Gasteiger partial charge in [0.25, 0.3) is 0 Å². The number of aliphatic imine (C=N–C) groups is 1. The van der Waals surface area contributed by atoms with E-state index in [1.165, 1.54) is 6.42 Å². The standard InChI is InChI=1S/C12H22N2OS/c1-8-6-9(2)16-12(14-8)13-7-11-4-5-15-10(11)3/h8-11H,4-7H2,1-3H3,(H,13,14). The first-order valence-corrected chi connectivity index (χ1v) is 7.12. The molecule has 0 spiro atoms. The van der Waals surface area contributed by atoms with Crippen LogP contribution in [0.15, 0.2) is 4.99 Å². The molecule has 4 unspecified atom stereocenters. The lowest BCUT2D eigenvalue weighted by molar-refractivity contribution is 0.107. The van der Waals surface area contributed by atoms with E-state index < -0.39 is 0 Å². The molecule has 3 nitrogen and oxygen atoms in total. The summed E-state index contributed by atoms with van der Waals surface area (Å²) in [4.78, 5) is 4.70. The molecular weight excluding hydrogens is 220 g/mol. The van der Waals surface area contributed by atoms with Crippen LogP contribution in [0.3, 0.4) is 0 Å². The van der Waals surface area contributed by atoms with Gasteiger partial charge in [-0.15, -0.1) is 0 Å². The molecule has 0 bridgehead atoms. The molecule has 1 N–H and O–H groups in total. The van der Waals surface area contributed by atoms with E-state index in [1.807, 2.05) is 11.8 Å². The van der Waals surface area contributed by atoms with Crippen molar-refractivity contribution in [3.05, 3.63) is 0 Å². The minimum absolute atomic E-state index is 0.382. The van der Waals surface area contributed by atoms with Crippen LogP contribution in [0.25, 0.3) is 0 Å². The SMILES string of the molecule is CC1CC(C)SC(=NCC2CCOC2C)N1. The second kappa shape index (κ2) is 5.41. The van der Waals surface area contributed by atoms with Crippen molar-refractivity contribution in [2.45, 2.75) is 51.0 Å². The van der Waals surface area contributed by atoms with Crippen LogP contribution in [-0.2, 0) is 4.74 Å². The smallest absolute Gasteiger partial charge is 0.157 e. The summed E-state index contributed by atoms with van der Waals surface area (Å²) in [6, 6.07) is 0.562. The Morgan fingerprint density at radius 2 is 2.25 bits per heavy atom. The van der Waals surface area contributed by atoms with Crippen LogP contribution in [0.4, 0.5) is 0 Å². The number of nitrogens with one attached hydrogen (secondary N) is 1. The van der Waals surface area contributed by atoms with Crippen LogP contribution in [-0.4, -0.2) is 35.7 Å². The molecule has 0 amide bonds. The predicted octanol–water partition coefficient (Wildman–Crippen LogP) is 2.27. The molecule has 2 rings (SSSR count). The van der Waals surface area contributed by atoms with Gasteiger partial charge >= 0.3 is 0 Å². The highest BCUT2D eigenvalue weighted by molar-refractivity contribution is 8.14. The second-order valence-electron chi connectivity index (χ2n) is 4.98. The Bertz CT molecular complexity index is 258. The van der Waals surface area contributed by atoms with Crippen LogP contribution in [0.1, 0.15) is 33.6 Å². The normalized spacial score (nSPS) is 42.3. The number of amidine groups is 1. The van der Waals surface area contributed by atoms with E-state index in [0.717, 1.165) is 24.7 Å². The molecule has 0 aromatic heterocycles. The molecule has 4 atom stereocenters. The van der Waals surface area contributed by atoms with E-state index in [1.54, 1.807) is 0 Å². The molecule has 2 aliphatic heterocycles. The average Bonchev–Trinajstić information content (AvgIpc) is 2.59. The lowest BCUT2D eigenvalue weighted by Gasteiger charge is -2.27. The van der Waals surface area contributed by atoms with Crippen molar-refractivity contribution in [2.75, 3.05) is 13.2 Å². The van der Waals surface area contributed by atoms with E-state index in [0.29, 0.717) is 23.3 Å². The highest BCUT2D eigenvalue weighted by Crippen LogP contribution is 2.24.